The van der Waals surface area contributed by atoms with Gasteiger partial charge in [0.25, 0.3) is 0 Å². The Morgan fingerprint density at radius 1 is 1.40 bits per heavy atom. The maximum Gasteiger partial charge on any atom is 0.166 e. The molecule has 0 saturated carbocycles. The van der Waals surface area contributed by atoms with Crippen molar-refractivity contribution in [2.45, 2.75) is 25.4 Å². The van der Waals surface area contributed by atoms with E-state index in [1.165, 1.54) is 5.56 Å². The Morgan fingerprint density at radius 2 is 2.25 bits per heavy atom. The van der Waals surface area contributed by atoms with Crippen molar-refractivity contribution in [3.8, 4) is 0 Å². The molecule has 4 nitrogen and oxygen atoms in total. The fraction of sp³-hybridized carbons (Fsp3) is 0.375. The summed E-state index contributed by atoms with van der Waals surface area (Å²) in [7, 11) is 1.90. The zero-order valence-corrected chi connectivity index (χ0v) is 11.6. The maximum atomic E-state index is 12.4. The molecule has 1 aliphatic heterocycles. The number of carbonyl (C=O) groups is 1. The van der Waals surface area contributed by atoms with E-state index in [-0.39, 0.29) is 5.78 Å². The summed E-state index contributed by atoms with van der Waals surface area (Å²) in [5, 5.41) is 4.12. The fourth-order valence-electron chi connectivity index (χ4n) is 2.69. The molecule has 0 amide bonds. The molecular formula is C16H18N2O2. The molecule has 2 aromatic rings. The van der Waals surface area contributed by atoms with Gasteiger partial charge in [-0.05, 0) is 30.0 Å². The first-order valence-corrected chi connectivity index (χ1v) is 6.94. The van der Waals surface area contributed by atoms with Crippen molar-refractivity contribution in [2.75, 3.05) is 6.61 Å². The molecule has 0 bridgehead atoms. The van der Waals surface area contributed by atoms with E-state index in [1.54, 1.807) is 6.20 Å². The number of ketones is 1. The number of hydrogen-bond acceptors (Lipinski definition) is 3. The topological polar surface area (TPSA) is 44.1 Å². The second-order valence-corrected chi connectivity index (χ2v) is 5.11. The number of benzene rings is 1. The van der Waals surface area contributed by atoms with Crippen LogP contribution < -0.4 is 0 Å². The van der Waals surface area contributed by atoms with Gasteiger partial charge in [-0.2, -0.15) is 5.10 Å². The van der Waals surface area contributed by atoms with Crippen molar-refractivity contribution in [1.82, 2.24) is 9.78 Å². The summed E-state index contributed by atoms with van der Waals surface area (Å²) in [6.45, 7) is 0.624. The minimum Gasteiger partial charge on any atom is -0.365 e. The summed E-state index contributed by atoms with van der Waals surface area (Å²) < 4.78 is 7.50. The quantitative estimate of drug-likeness (QED) is 0.855. The monoisotopic (exact) mass is 270 g/mol. The SMILES string of the molecule is Cn1nccc1CCC(=O)C1OCCc2ccccc21. The minimum absolute atomic E-state index is 0.151. The molecule has 0 fully saturated rings. The number of fused-ring (bicyclic) bond motifs is 1. The van der Waals surface area contributed by atoms with Crippen molar-refractivity contribution in [2.24, 2.45) is 7.05 Å². The van der Waals surface area contributed by atoms with E-state index >= 15 is 0 Å². The first kappa shape index (κ1) is 13.1. The molecule has 2 heterocycles. The lowest BCUT2D eigenvalue weighted by molar-refractivity contribution is -0.131. The third-order valence-corrected chi connectivity index (χ3v) is 3.84. The summed E-state index contributed by atoms with van der Waals surface area (Å²) in [4.78, 5) is 12.4. The molecule has 20 heavy (non-hydrogen) atoms. The third kappa shape index (κ3) is 2.51. The van der Waals surface area contributed by atoms with Crippen molar-refractivity contribution in [3.05, 3.63) is 53.3 Å². The van der Waals surface area contributed by atoms with Gasteiger partial charge in [0.15, 0.2) is 5.78 Å². The molecule has 1 aromatic carbocycles. The number of rotatable bonds is 4. The Balaban J connectivity index is 1.71. The Morgan fingerprint density at radius 3 is 3.05 bits per heavy atom. The standard InChI is InChI=1S/C16H18N2O2/c1-18-13(8-10-17-18)6-7-15(19)16-14-5-3-2-4-12(14)9-11-20-16/h2-5,8,10,16H,6-7,9,11H2,1H3. The first-order chi connectivity index (χ1) is 9.75. The van der Waals surface area contributed by atoms with E-state index in [9.17, 15) is 4.79 Å². The van der Waals surface area contributed by atoms with Crippen LogP contribution in [0.5, 0.6) is 0 Å². The van der Waals surface area contributed by atoms with Crippen LogP contribution in [0.4, 0.5) is 0 Å². The van der Waals surface area contributed by atoms with Gasteiger partial charge in [0.05, 0.1) is 6.61 Å². The molecule has 0 spiro atoms. The predicted molar refractivity (Wildman–Crippen MR) is 75.4 cm³/mol. The molecule has 1 unspecified atom stereocenters. The van der Waals surface area contributed by atoms with Crippen molar-refractivity contribution in [3.63, 3.8) is 0 Å². The zero-order chi connectivity index (χ0) is 13.9. The third-order valence-electron chi connectivity index (χ3n) is 3.84. The van der Waals surface area contributed by atoms with Crippen LogP contribution in [-0.4, -0.2) is 22.2 Å². The highest BCUT2D eigenvalue weighted by Crippen LogP contribution is 2.28. The van der Waals surface area contributed by atoms with E-state index in [1.807, 2.05) is 36.0 Å². The molecule has 104 valence electrons. The van der Waals surface area contributed by atoms with Crippen LogP contribution in [0.3, 0.4) is 0 Å². The van der Waals surface area contributed by atoms with Crippen LogP contribution >= 0.6 is 0 Å². The van der Waals surface area contributed by atoms with Gasteiger partial charge in [-0.1, -0.05) is 24.3 Å². The average molecular weight is 270 g/mol. The number of nitrogens with zero attached hydrogens (tertiary/aromatic N) is 2. The summed E-state index contributed by atoms with van der Waals surface area (Å²) in [5.41, 5.74) is 3.34. The number of hydrogen-bond donors (Lipinski definition) is 0. The van der Waals surface area contributed by atoms with E-state index in [0.29, 0.717) is 19.4 Å². The lowest BCUT2D eigenvalue weighted by atomic mass is 9.93. The Hall–Kier alpha value is -1.94. The molecule has 1 aliphatic rings. The van der Waals surface area contributed by atoms with Gasteiger partial charge in [0, 0.05) is 25.4 Å². The van der Waals surface area contributed by atoms with Crippen LogP contribution in [0.2, 0.25) is 0 Å². The van der Waals surface area contributed by atoms with E-state index in [0.717, 1.165) is 17.7 Å². The van der Waals surface area contributed by atoms with E-state index in [2.05, 4.69) is 11.2 Å². The van der Waals surface area contributed by atoms with Crippen LogP contribution in [0.1, 0.15) is 29.3 Å². The van der Waals surface area contributed by atoms with Crippen molar-refractivity contribution < 1.29 is 9.53 Å². The molecular weight excluding hydrogens is 252 g/mol. The summed E-state index contributed by atoms with van der Waals surface area (Å²) in [6.07, 6.45) is 3.44. The second-order valence-electron chi connectivity index (χ2n) is 5.11. The lowest BCUT2D eigenvalue weighted by Gasteiger charge is -2.25. The molecule has 1 aromatic heterocycles. The molecule has 0 aliphatic carbocycles. The zero-order valence-electron chi connectivity index (χ0n) is 11.6. The number of ether oxygens (including phenoxy) is 1. The number of carbonyl (C=O) groups excluding carboxylic acids is 1. The largest absolute Gasteiger partial charge is 0.365 e. The first-order valence-electron chi connectivity index (χ1n) is 6.94. The van der Waals surface area contributed by atoms with Crippen LogP contribution in [-0.2, 0) is 29.4 Å². The number of aromatic nitrogens is 2. The summed E-state index contributed by atoms with van der Waals surface area (Å²) in [5.74, 6) is 0.151. The van der Waals surface area contributed by atoms with Gasteiger partial charge >= 0.3 is 0 Å². The van der Waals surface area contributed by atoms with Crippen LogP contribution in [0.25, 0.3) is 0 Å². The van der Waals surface area contributed by atoms with Gasteiger partial charge in [-0.25, -0.2) is 0 Å². The lowest BCUT2D eigenvalue weighted by Crippen LogP contribution is -2.23. The van der Waals surface area contributed by atoms with Gasteiger partial charge in [0.1, 0.15) is 6.10 Å². The van der Waals surface area contributed by atoms with Crippen LogP contribution in [0, 0.1) is 0 Å². The molecule has 4 heteroatoms. The Kier molecular flexibility index (Phi) is 3.65. The Bertz CT molecular complexity index is 618. The minimum atomic E-state index is -0.395. The highest BCUT2D eigenvalue weighted by Gasteiger charge is 2.26. The maximum absolute atomic E-state index is 12.4. The normalized spacial score (nSPS) is 17.8. The van der Waals surface area contributed by atoms with Gasteiger partial charge in [0.2, 0.25) is 0 Å². The van der Waals surface area contributed by atoms with Gasteiger partial charge < -0.3 is 4.74 Å². The Labute approximate surface area is 118 Å². The summed E-state index contributed by atoms with van der Waals surface area (Å²) in [6, 6.07) is 10.0. The van der Waals surface area contributed by atoms with Gasteiger partial charge in [-0.3, -0.25) is 9.48 Å². The predicted octanol–water partition coefficient (Wildman–Crippen LogP) is 2.24. The van der Waals surface area contributed by atoms with Crippen molar-refractivity contribution in [1.29, 1.82) is 0 Å². The summed E-state index contributed by atoms with van der Waals surface area (Å²) >= 11 is 0. The van der Waals surface area contributed by atoms with Crippen LogP contribution in [0.15, 0.2) is 36.5 Å². The molecule has 0 N–H and O–H groups in total. The molecule has 0 radical (unpaired) electrons. The molecule has 0 saturated heterocycles. The highest BCUT2D eigenvalue weighted by molar-refractivity contribution is 5.85. The van der Waals surface area contributed by atoms with Gasteiger partial charge in [-0.15, -0.1) is 0 Å². The average Bonchev–Trinajstić information content (AvgIpc) is 2.89. The fourth-order valence-corrected chi connectivity index (χ4v) is 2.69. The highest BCUT2D eigenvalue weighted by atomic mass is 16.5. The molecule has 1 atom stereocenters. The number of aryl methyl sites for hydroxylation is 2. The molecule has 3 rings (SSSR count). The second kappa shape index (κ2) is 5.59. The van der Waals surface area contributed by atoms with E-state index < -0.39 is 6.10 Å². The number of Topliss-reactive ketones (excluding diaryl/α,β-unsaturated/α-hetero) is 1. The smallest absolute Gasteiger partial charge is 0.166 e. The van der Waals surface area contributed by atoms with Crippen molar-refractivity contribution >= 4 is 5.78 Å². The van der Waals surface area contributed by atoms with E-state index in [4.69, 9.17) is 4.74 Å².